The molecule has 34 nitrogen and oxygen atoms in total. The Labute approximate surface area is 548 Å². The topological polar surface area (TPSA) is 634 Å². The Kier molecular flexibility index (Phi) is 39.7. The summed E-state index contributed by atoms with van der Waals surface area (Å²) < 4.78 is 0. The van der Waals surface area contributed by atoms with Crippen LogP contribution in [0.3, 0.4) is 0 Å². The molecule has 0 aromatic heterocycles. The molecule has 0 aliphatic heterocycles. The monoisotopic (exact) mass is 1320 g/mol. The zero-order chi connectivity index (χ0) is 70.0. The van der Waals surface area contributed by atoms with Gasteiger partial charge in [-0.15, -0.1) is 0 Å². The molecule has 0 saturated carbocycles. The number of phenols is 2. The number of amides is 8. The van der Waals surface area contributed by atoms with Crippen molar-refractivity contribution in [3.05, 3.63) is 59.7 Å². The molecule has 34 heteroatoms. The van der Waals surface area contributed by atoms with Crippen LogP contribution in [0.25, 0.3) is 0 Å². The van der Waals surface area contributed by atoms with Crippen LogP contribution in [-0.2, 0) is 56.0 Å². The summed E-state index contributed by atoms with van der Waals surface area (Å²) in [6.07, 6.45) is 3.33. The summed E-state index contributed by atoms with van der Waals surface area (Å²) in [6, 6.07) is -0.751. The second-order valence-corrected chi connectivity index (χ2v) is 22.7. The molecular weight excluding hydrogens is 1220 g/mol. The number of hydrogen-bond donors (Lipinski definition) is 22. The standard InChI is InChI=1S/C60H104N22O12/c61-27-5-1-13-41(75-49(85)40(65)12-9-31-72-58(66)67)50(86)76-42(14-2-6-28-62)53(89)81-47(34-36-19-23-38(83)24-20-36)55(91)78-43(15-3-7-29-63)54(90)82-48(35-37-21-25-39(84)26-22-37)56(92)79-44(17-10-32-73-59(68)69)51(87)77-45(18-11-33-74-60(70)71)52(88)80-46(57(93)94)16-4-8-30-64/h19-26,40-48,83-84H,1-18,27-35,61-65H2,(H,75,85)(H,76,86)(H,77,87)(H,78,91)(H,79,92)(H,80,88)(H,81,89)(H,82,90)(H,93,94)(H4,66,67,72)(H4,68,69,73)(H4,70,71,74). The van der Waals surface area contributed by atoms with E-state index >= 15 is 0 Å². The largest absolute Gasteiger partial charge is 0.508 e. The molecule has 0 radical (unpaired) electrons. The normalized spacial score (nSPS) is 13.8. The summed E-state index contributed by atoms with van der Waals surface area (Å²) in [4.78, 5) is 139. The summed E-state index contributed by atoms with van der Waals surface area (Å²) in [7, 11) is 0. The van der Waals surface area contributed by atoms with Crippen molar-refractivity contribution in [2.45, 2.75) is 183 Å². The van der Waals surface area contributed by atoms with E-state index in [-0.39, 0.29) is 146 Å². The number of nitrogens with one attached hydrogen (secondary N) is 8. The van der Waals surface area contributed by atoms with E-state index in [1.807, 2.05) is 0 Å². The minimum atomic E-state index is -1.54. The van der Waals surface area contributed by atoms with Crippen LogP contribution < -0.4 is 106 Å². The van der Waals surface area contributed by atoms with Crippen LogP contribution in [0.15, 0.2) is 63.5 Å². The van der Waals surface area contributed by atoms with Crippen LogP contribution in [0.2, 0.25) is 0 Å². The summed E-state index contributed by atoms with van der Waals surface area (Å²) in [5.41, 5.74) is 63.2. The average molecular weight is 1330 g/mol. The Morgan fingerprint density at radius 2 is 0.564 bits per heavy atom. The number of unbranched alkanes of at least 4 members (excludes halogenated alkanes) is 4. The molecule has 2 aromatic carbocycles. The van der Waals surface area contributed by atoms with E-state index in [0.29, 0.717) is 69.0 Å². The highest BCUT2D eigenvalue weighted by Crippen LogP contribution is 2.16. The second kappa shape index (κ2) is 46.0. The molecule has 0 aliphatic rings. The van der Waals surface area contributed by atoms with Gasteiger partial charge < -0.3 is 121 Å². The molecule has 8 amide bonds. The van der Waals surface area contributed by atoms with Crippen LogP contribution in [0.4, 0.5) is 0 Å². The Morgan fingerprint density at radius 1 is 0.330 bits per heavy atom. The molecule has 526 valence electrons. The van der Waals surface area contributed by atoms with Crippen molar-refractivity contribution in [1.82, 2.24) is 42.5 Å². The number of aliphatic imine (C=N–C) groups is 3. The molecule has 0 bridgehead atoms. The molecular formula is C60H104N22O12. The van der Waals surface area contributed by atoms with Crippen molar-refractivity contribution >= 4 is 71.1 Å². The summed E-state index contributed by atoms with van der Waals surface area (Å²) >= 11 is 0. The predicted molar refractivity (Wildman–Crippen MR) is 356 cm³/mol. The van der Waals surface area contributed by atoms with Crippen LogP contribution >= 0.6 is 0 Å². The molecule has 94 heavy (non-hydrogen) atoms. The number of carboxylic acid groups (broad SMARTS) is 1. The van der Waals surface area contributed by atoms with E-state index in [0.717, 1.165) is 0 Å². The lowest BCUT2D eigenvalue weighted by Gasteiger charge is -2.28. The van der Waals surface area contributed by atoms with E-state index in [1.54, 1.807) is 0 Å². The van der Waals surface area contributed by atoms with Gasteiger partial charge in [-0.2, -0.15) is 0 Å². The van der Waals surface area contributed by atoms with Gasteiger partial charge >= 0.3 is 5.97 Å². The lowest BCUT2D eigenvalue weighted by atomic mass is 10.0. The zero-order valence-corrected chi connectivity index (χ0v) is 53.6. The summed E-state index contributed by atoms with van der Waals surface area (Å²) in [6.45, 7) is 1.24. The van der Waals surface area contributed by atoms with Gasteiger partial charge in [-0.1, -0.05) is 24.3 Å². The van der Waals surface area contributed by atoms with Crippen LogP contribution in [0.5, 0.6) is 11.5 Å². The van der Waals surface area contributed by atoms with Gasteiger partial charge in [0.25, 0.3) is 0 Å². The van der Waals surface area contributed by atoms with Gasteiger partial charge in [-0.25, -0.2) is 4.79 Å². The maximum absolute atomic E-state index is 14.9. The fourth-order valence-corrected chi connectivity index (χ4v) is 9.57. The number of guanidine groups is 3. The quantitative estimate of drug-likeness (QED) is 0.0167. The van der Waals surface area contributed by atoms with E-state index in [9.17, 15) is 58.5 Å². The van der Waals surface area contributed by atoms with Gasteiger partial charge in [0.15, 0.2) is 17.9 Å². The maximum atomic E-state index is 14.9. The van der Waals surface area contributed by atoms with E-state index in [2.05, 4.69) is 57.5 Å². The highest BCUT2D eigenvalue weighted by atomic mass is 16.4. The number of aromatic hydroxyl groups is 2. The lowest BCUT2D eigenvalue weighted by Crippen LogP contribution is -2.61. The average Bonchev–Trinajstić information content (AvgIpc) is 0.952. The molecule has 0 fully saturated rings. The van der Waals surface area contributed by atoms with Crippen molar-refractivity contribution < 1.29 is 58.5 Å². The third-order valence-electron chi connectivity index (χ3n) is 14.8. The van der Waals surface area contributed by atoms with Crippen molar-refractivity contribution in [2.75, 3.05) is 45.8 Å². The van der Waals surface area contributed by atoms with Crippen molar-refractivity contribution in [2.24, 2.45) is 78.0 Å². The molecule has 9 unspecified atom stereocenters. The number of phenolic OH excluding ortho intramolecular Hbond substituents is 2. The van der Waals surface area contributed by atoms with Gasteiger partial charge in [0.05, 0.1) is 6.04 Å². The Balaban J connectivity index is 2.68. The molecule has 2 rings (SSSR count). The lowest BCUT2D eigenvalue weighted by molar-refractivity contribution is -0.142. The molecule has 9 atom stereocenters. The zero-order valence-electron chi connectivity index (χ0n) is 53.6. The first-order valence-electron chi connectivity index (χ1n) is 31.8. The van der Waals surface area contributed by atoms with Crippen molar-refractivity contribution in [3.8, 4) is 11.5 Å². The smallest absolute Gasteiger partial charge is 0.326 e. The van der Waals surface area contributed by atoms with E-state index in [1.165, 1.54) is 48.5 Å². The van der Waals surface area contributed by atoms with Gasteiger partial charge in [0.2, 0.25) is 47.3 Å². The number of aliphatic carboxylic acids is 1. The second-order valence-electron chi connectivity index (χ2n) is 22.7. The number of rotatable bonds is 49. The van der Waals surface area contributed by atoms with Gasteiger partial charge in [-0.05, 0) is 177 Å². The molecule has 0 aliphatic carbocycles. The molecule has 0 saturated heterocycles. The van der Waals surface area contributed by atoms with Crippen LogP contribution in [0.1, 0.15) is 127 Å². The fraction of sp³-hybridized carbons (Fsp3) is 0.600. The van der Waals surface area contributed by atoms with Crippen LogP contribution in [-0.4, -0.2) is 187 Å². The molecule has 2 aromatic rings. The predicted octanol–water partition coefficient (Wildman–Crippen LogP) is -5.15. The van der Waals surface area contributed by atoms with Gasteiger partial charge in [0.1, 0.15) is 59.8 Å². The Bertz CT molecular complexity index is 2750. The van der Waals surface area contributed by atoms with Crippen molar-refractivity contribution in [3.63, 3.8) is 0 Å². The number of carboxylic acids is 1. The highest BCUT2D eigenvalue weighted by molar-refractivity contribution is 5.98. The summed E-state index contributed by atoms with van der Waals surface area (Å²) in [5, 5.41) is 51.8. The number of hydrogen-bond acceptors (Lipinski definition) is 19. The van der Waals surface area contributed by atoms with Crippen LogP contribution in [0, 0.1) is 0 Å². The van der Waals surface area contributed by atoms with E-state index in [4.69, 9.17) is 63.1 Å². The number of carbonyl (C=O) groups is 9. The first kappa shape index (κ1) is 81.0. The molecule has 33 N–H and O–H groups in total. The fourth-order valence-electron chi connectivity index (χ4n) is 9.57. The molecule has 0 heterocycles. The molecule has 0 spiro atoms. The number of nitrogens with two attached hydrogens (primary N) is 11. The third kappa shape index (κ3) is 34.0. The minimum Gasteiger partial charge on any atom is -0.508 e. The van der Waals surface area contributed by atoms with Gasteiger partial charge in [0, 0.05) is 32.5 Å². The first-order valence-corrected chi connectivity index (χ1v) is 31.8. The Morgan fingerprint density at radius 3 is 0.840 bits per heavy atom. The number of carbonyl (C=O) groups excluding carboxylic acids is 8. The highest BCUT2D eigenvalue weighted by Gasteiger charge is 2.35. The summed E-state index contributed by atoms with van der Waals surface area (Å²) in [5.74, 6) is -8.82. The SMILES string of the molecule is NCCCCC(NC(=O)C(CCCN=C(N)N)NC(=O)C(CCCN=C(N)N)NC(=O)C(Cc1ccc(O)cc1)NC(=O)C(CCCCN)NC(=O)C(Cc1ccc(O)cc1)NC(=O)C(CCCCN)NC(=O)C(CCCCN)NC(=O)C(N)CCCN=C(N)N)C(=O)O. The number of nitrogens with zero attached hydrogens (tertiary/aromatic N) is 3. The van der Waals surface area contributed by atoms with E-state index < -0.39 is 108 Å². The number of benzene rings is 2. The maximum Gasteiger partial charge on any atom is 0.326 e. The van der Waals surface area contributed by atoms with Crippen molar-refractivity contribution in [1.29, 1.82) is 0 Å². The van der Waals surface area contributed by atoms with Gasteiger partial charge in [-0.3, -0.25) is 53.3 Å². The first-order chi connectivity index (χ1) is 44.8. The Hall–Kier alpha value is -9.12. The third-order valence-corrected chi connectivity index (χ3v) is 14.8. The minimum absolute atomic E-state index is 0.0143.